The molecule has 0 aliphatic heterocycles. The minimum Gasteiger partial charge on any atom is -0.456 e. The molecule has 0 atom stereocenters. The molecule has 41 heavy (non-hydrogen) atoms. The summed E-state index contributed by atoms with van der Waals surface area (Å²) in [5.41, 5.74) is 8.04. The van der Waals surface area contributed by atoms with Crippen LogP contribution in [-0.4, -0.2) is 9.55 Å². The Labute approximate surface area is 232 Å². The molecule has 9 aromatic rings. The average Bonchev–Trinajstić information content (AvgIpc) is 3.54. The fraction of sp³-hybridized carbons (Fsp3) is 0. The highest BCUT2D eigenvalue weighted by atomic mass is 16.3. The molecular formula is C36H20N2O3. The van der Waals surface area contributed by atoms with Crippen molar-refractivity contribution >= 4 is 65.7 Å². The molecule has 5 nitrogen and oxygen atoms in total. The van der Waals surface area contributed by atoms with Crippen molar-refractivity contribution in [3.05, 3.63) is 132 Å². The van der Waals surface area contributed by atoms with Crippen molar-refractivity contribution < 1.29 is 8.83 Å². The second-order valence-electron chi connectivity index (χ2n) is 10.4. The third-order valence-corrected chi connectivity index (χ3v) is 8.08. The third-order valence-electron chi connectivity index (χ3n) is 8.08. The molecule has 0 saturated carbocycles. The molecule has 0 bridgehead atoms. The number of nitrogens with zero attached hydrogens (tertiary/aromatic N) is 2. The highest BCUT2D eigenvalue weighted by Crippen LogP contribution is 2.38. The lowest BCUT2D eigenvalue weighted by Gasteiger charge is -2.11. The van der Waals surface area contributed by atoms with Gasteiger partial charge in [0.05, 0.1) is 21.8 Å². The predicted octanol–water partition coefficient (Wildman–Crippen LogP) is 9.00. The van der Waals surface area contributed by atoms with Gasteiger partial charge in [-0.2, -0.15) is 0 Å². The number of rotatable bonds is 2. The van der Waals surface area contributed by atoms with E-state index in [9.17, 15) is 4.79 Å². The van der Waals surface area contributed by atoms with Gasteiger partial charge in [-0.3, -0.25) is 9.78 Å². The number of para-hydroxylation sites is 2. The van der Waals surface area contributed by atoms with Crippen LogP contribution in [0.2, 0.25) is 0 Å². The van der Waals surface area contributed by atoms with Crippen LogP contribution in [0.1, 0.15) is 0 Å². The summed E-state index contributed by atoms with van der Waals surface area (Å²) in [4.78, 5) is 17.4. The number of fused-ring (bicyclic) bond motifs is 8. The van der Waals surface area contributed by atoms with Crippen LogP contribution >= 0.6 is 0 Å². The number of pyridine rings is 1. The molecule has 0 fully saturated rings. The van der Waals surface area contributed by atoms with Crippen LogP contribution < -0.4 is 5.43 Å². The summed E-state index contributed by atoms with van der Waals surface area (Å²) >= 11 is 0. The van der Waals surface area contributed by atoms with Gasteiger partial charge in [0.15, 0.2) is 0 Å². The molecule has 9 rings (SSSR count). The monoisotopic (exact) mass is 528 g/mol. The molecule has 0 amide bonds. The Balaban J connectivity index is 1.27. The lowest BCUT2D eigenvalue weighted by molar-refractivity contribution is 0.660. The second-order valence-corrected chi connectivity index (χ2v) is 10.4. The van der Waals surface area contributed by atoms with Gasteiger partial charge >= 0.3 is 0 Å². The summed E-state index contributed by atoms with van der Waals surface area (Å²) in [6.07, 6.45) is 3.62. The van der Waals surface area contributed by atoms with E-state index in [1.165, 1.54) is 5.39 Å². The lowest BCUT2D eigenvalue weighted by Crippen LogP contribution is -2.01. The van der Waals surface area contributed by atoms with E-state index in [1.807, 2.05) is 48.7 Å². The minimum absolute atomic E-state index is 0.0138. The maximum Gasteiger partial charge on any atom is 0.200 e. The Morgan fingerprint density at radius 3 is 2.20 bits per heavy atom. The lowest BCUT2D eigenvalue weighted by atomic mass is 10.0. The van der Waals surface area contributed by atoms with Crippen molar-refractivity contribution in [2.24, 2.45) is 0 Å². The van der Waals surface area contributed by atoms with Crippen LogP contribution in [0.25, 0.3) is 82.5 Å². The summed E-state index contributed by atoms with van der Waals surface area (Å²) in [7, 11) is 0. The zero-order chi connectivity index (χ0) is 27.1. The zero-order valence-corrected chi connectivity index (χ0v) is 21.7. The average molecular weight is 529 g/mol. The molecular weight excluding hydrogens is 508 g/mol. The largest absolute Gasteiger partial charge is 0.456 e. The molecule has 0 radical (unpaired) electrons. The summed E-state index contributed by atoms with van der Waals surface area (Å²) in [6.45, 7) is 0. The topological polar surface area (TPSA) is 61.2 Å². The van der Waals surface area contributed by atoms with Gasteiger partial charge < -0.3 is 13.4 Å². The Hall–Kier alpha value is -5.68. The molecule has 0 unspecified atom stereocenters. The normalized spacial score (nSPS) is 12.0. The summed E-state index contributed by atoms with van der Waals surface area (Å²) in [6, 6.07) is 36.4. The number of furan rings is 1. The standard InChI is InChI=1S/C36H20N2O3/c39-36-25-9-2-4-11-32(25)40-34-17-22(12-13-26(34)36)21-6-5-7-23(16-21)38-30-10-3-1-8-24(30)27-18-28-29-20-37-15-14-33(29)41-35(28)19-31(27)38/h1-20H. The predicted molar refractivity (Wildman–Crippen MR) is 165 cm³/mol. The fourth-order valence-electron chi connectivity index (χ4n) is 6.17. The smallest absolute Gasteiger partial charge is 0.200 e. The Morgan fingerprint density at radius 1 is 0.512 bits per heavy atom. The van der Waals surface area contributed by atoms with E-state index < -0.39 is 0 Å². The molecule has 0 aliphatic rings. The molecule has 192 valence electrons. The van der Waals surface area contributed by atoms with Gasteiger partial charge in [0.25, 0.3) is 0 Å². The van der Waals surface area contributed by atoms with Crippen molar-refractivity contribution in [3.63, 3.8) is 0 Å². The Morgan fingerprint density at radius 2 is 1.27 bits per heavy atom. The number of hydrogen-bond donors (Lipinski definition) is 0. The van der Waals surface area contributed by atoms with Gasteiger partial charge in [0.2, 0.25) is 5.43 Å². The van der Waals surface area contributed by atoms with Gasteiger partial charge in [0, 0.05) is 45.7 Å². The first kappa shape index (κ1) is 22.2. The van der Waals surface area contributed by atoms with E-state index in [1.54, 1.807) is 12.3 Å². The van der Waals surface area contributed by atoms with Gasteiger partial charge in [-0.1, -0.05) is 48.5 Å². The zero-order valence-electron chi connectivity index (χ0n) is 21.7. The third kappa shape index (κ3) is 3.17. The highest BCUT2D eigenvalue weighted by molar-refractivity contribution is 6.17. The quantitative estimate of drug-likeness (QED) is 0.210. The van der Waals surface area contributed by atoms with Crippen molar-refractivity contribution in [3.8, 4) is 16.8 Å². The minimum atomic E-state index is -0.0138. The van der Waals surface area contributed by atoms with E-state index in [0.717, 1.165) is 55.2 Å². The molecule has 5 aromatic carbocycles. The van der Waals surface area contributed by atoms with E-state index >= 15 is 0 Å². The molecule has 4 heterocycles. The van der Waals surface area contributed by atoms with E-state index in [2.05, 4.69) is 70.2 Å². The fourth-order valence-corrected chi connectivity index (χ4v) is 6.17. The molecule has 0 N–H and O–H groups in total. The van der Waals surface area contributed by atoms with E-state index in [4.69, 9.17) is 8.83 Å². The van der Waals surface area contributed by atoms with Crippen molar-refractivity contribution in [2.75, 3.05) is 0 Å². The molecule has 4 aromatic heterocycles. The van der Waals surface area contributed by atoms with Crippen molar-refractivity contribution in [2.45, 2.75) is 0 Å². The Bertz CT molecular complexity index is 2570. The van der Waals surface area contributed by atoms with Crippen LogP contribution in [-0.2, 0) is 0 Å². The van der Waals surface area contributed by atoms with Crippen LogP contribution in [0, 0.1) is 0 Å². The first-order chi connectivity index (χ1) is 20.2. The SMILES string of the molecule is O=c1c2ccccc2oc2cc(-c3cccc(-n4c5ccccc5c5cc6c(cc54)oc4ccncc46)c3)ccc12. The first-order valence-electron chi connectivity index (χ1n) is 13.5. The van der Waals surface area contributed by atoms with E-state index in [-0.39, 0.29) is 5.43 Å². The van der Waals surface area contributed by atoms with Gasteiger partial charge in [-0.05, 0) is 65.7 Å². The Kier molecular flexibility index (Phi) is 4.41. The number of aromatic nitrogens is 2. The van der Waals surface area contributed by atoms with E-state index in [0.29, 0.717) is 21.9 Å². The second kappa shape index (κ2) is 8.16. The van der Waals surface area contributed by atoms with Crippen molar-refractivity contribution in [1.29, 1.82) is 0 Å². The van der Waals surface area contributed by atoms with Gasteiger partial charge in [-0.15, -0.1) is 0 Å². The summed E-state index contributed by atoms with van der Waals surface area (Å²) in [5.74, 6) is 0. The number of hydrogen-bond acceptors (Lipinski definition) is 4. The maximum atomic E-state index is 13.1. The van der Waals surface area contributed by atoms with Crippen LogP contribution in [0.15, 0.2) is 135 Å². The summed E-state index contributed by atoms with van der Waals surface area (Å²) < 4.78 is 14.7. The van der Waals surface area contributed by atoms with Gasteiger partial charge in [0.1, 0.15) is 22.3 Å². The molecule has 5 heteroatoms. The first-order valence-corrected chi connectivity index (χ1v) is 13.5. The van der Waals surface area contributed by atoms with Crippen LogP contribution in [0.5, 0.6) is 0 Å². The highest BCUT2D eigenvalue weighted by Gasteiger charge is 2.17. The van der Waals surface area contributed by atoms with Crippen molar-refractivity contribution in [1.82, 2.24) is 9.55 Å². The summed E-state index contributed by atoms with van der Waals surface area (Å²) in [5, 5.41) is 5.57. The molecule has 0 saturated heterocycles. The maximum absolute atomic E-state index is 13.1. The number of benzene rings is 5. The molecule has 0 spiro atoms. The van der Waals surface area contributed by atoms with Crippen LogP contribution in [0.4, 0.5) is 0 Å². The molecule has 0 aliphatic carbocycles. The van der Waals surface area contributed by atoms with Crippen LogP contribution in [0.3, 0.4) is 0 Å². The van der Waals surface area contributed by atoms with Gasteiger partial charge in [-0.25, -0.2) is 0 Å².